The van der Waals surface area contributed by atoms with Gasteiger partial charge in [-0.15, -0.1) is 0 Å². The lowest BCUT2D eigenvalue weighted by molar-refractivity contribution is 0.444. The highest BCUT2D eigenvalue weighted by Crippen LogP contribution is 2.35. The zero-order valence-corrected chi connectivity index (χ0v) is 9.04. The smallest absolute Gasteiger partial charge is 0.169 e. The van der Waals surface area contributed by atoms with E-state index in [1.165, 1.54) is 12.1 Å². The minimum atomic E-state index is -0.457. The highest BCUT2D eigenvalue weighted by molar-refractivity contribution is 6.32. The second-order valence-electron chi connectivity index (χ2n) is 3.19. The lowest BCUT2D eigenvalue weighted by Gasteiger charge is -2.10. The molecule has 0 unspecified atom stereocenters. The summed E-state index contributed by atoms with van der Waals surface area (Å²) in [7, 11) is 0. The SMILES string of the molecule is Nc1cccc(Cl)c1Oc1ccccc1F. The van der Waals surface area contributed by atoms with E-state index in [1.807, 2.05) is 0 Å². The lowest BCUT2D eigenvalue weighted by atomic mass is 10.3. The molecular formula is C12H9ClFNO. The third kappa shape index (κ3) is 2.09. The van der Waals surface area contributed by atoms with Crippen LogP contribution < -0.4 is 10.5 Å². The Morgan fingerprint density at radius 1 is 1.06 bits per heavy atom. The number of nitrogen functional groups attached to an aromatic ring is 1. The first kappa shape index (κ1) is 10.8. The van der Waals surface area contributed by atoms with Crippen LogP contribution in [0.25, 0.3) is 0 Å². The molecule has 0 saturated heterocycles. The average molecular weight is 238 g/mol. The summed E-state index contributed by atoms with van der Waals surface area (Å²) in [5.74, 6) is -0.0848. The van der Waals surface area contributed by atoms with Crippen molar-refractivity contribution in [3.05, 3.63) is 53.3 Å². The Hall–Kier alpha value is -1.74. The van der Waals surface area contributed by atoms with Gasteiger partial charge in [0.05, 0.1) is 10.7 Å². The maximum atomic E-state index is 13.3. The van der Waals surface area contributed by atoms with Gasteiger partial charge in [0.25, 0.3) is 0 Å². The van der Waals surface area contributed by atoms with Crippen molar-refractivity contribution in [2.45, 2.75) is 0 Å². The van der Waals surface area contributed by atoms with Crippen LogP contribution in [0.4, 0.5) is 10.1 Å². The first-order chi connectivity index (χ1) is 7.68. The Balaban J connectivity index is 2.38. The van der Waals surface area contributed by atoms with E-state index in [9.17, 15) is 4.39 Å². The minimum Gasteiger partial charge on any atom is -0.451 e. The number of halogens is 2. The molecule has 4 heteroatoms. The third-order valence-corrected chi connectivity index (χ3v) is 2.34. The molecule has 2 N–H and O–H groups in total. The number of benzene rings is 2. The van der Waals surface area contributed by atoms with Crippen LogP contribution in [-0.2, 0) is 0 Å². The number of anilines is 1. The van der Waals surface area contributed by atoms with Crippen molar-refractivity contribution >= 4 is 17.3 Å². The van der Waals surface area contributed by atoms with Crippen molar-refractivity contribution in [2.24, 2.45) is 0 Å². The number of rotatable bonds is 2. The predicted molar refractivity (Wildman–Crippen MR) is 62.3 cm³/mol. The zero-order chi connectivity index (χ0) is 11.5. The molecule has 0 spiro atoms. The summed E-state index contributed by atoms with van der Waals surface area (Å²) in [6.45, 7) is 0. The average Bonchev–Trinajstić information content (AvgIpc) is 2.26. The van der Waals surface area contributed by atoms with Gasteiger partial charge in [-0.05, 0) is 24.3 Å². The largest absolute Gasteiger partial charge is 0.451 e. The summed E-state index contributed by atoms with van der Waals surface area (Å²) >= 11 is 5.90. The van der Waals surface area contributed by atoms with Gasteiger partial charge in [0.2, 0.25) is 0 Å². The van der Waals surface area contributed by atoms with Gasteiger partial charge < -0.3 is 10.5 Å². The van der Waals surface area contributed by atoms with E-state index >= 15 is 0 Å². The van der Waals surface area contributed by atoms with Gasteiger partial charge >= 0.3 is 0 Å². The molecule has 2 rings (SSSR count). The molecule has 0 atom stereocenters. The molecule has 82 valence electrons. The second-order valence-corrected chi connectivity index (χ2v) is 3.60. The Morgan fingerprint density at radius 2 is 1.81 bits per heavy atom. The summed E-state index contributed by atoms with van der Waals surface area (Å²) in [5, 5.41) is 0.350. The highest BCUT2D eigenvalue weighted by atomic mass is 35.5. The summed E-state index contributed by atoms with van der Waals surface area (Å²) in [5.41, 5.74) is 6.06. The summed E-state index contributed by atoms with van der Waals surface area (Å²) in [4.78, 5) is 0. The maximum Gasteiger partial charge on any atom is 0.169 e. The van der Waals surface area contributed by atoms with Gasteiger partial charge in [-0.3, -0.25) is 0 Å². The third-order valence-electron chi connectivity index (χ3n) is 2.05. The Bertz CT molecular complexity index is 496. The molecular weight excluding hydrogens is 229 g/mol. The zero-order valence-electron chi connectivity index (χ0n) is 8.28. The number of hydrogen-bond acceptors (Lipinski definition) is 2. The van der Waals surface area contributed by atoms with Gasteiger partial charge in [-0.25, -0.2) is 4.39 Å². The fourth-order valence-corrected chi connectivity index (χ4v) is 1.49. The molecule has 0 heterocycles. The lowest BCUT2D eigenvalue weighted by Crippen LogP contribution is -1.94. The van der Waals surface area contributed by atoms with Crippen LogP contribution in [0, 0.1) is 5.82 Å². The first-order valence-electron chi connectivity index (χ1n) is 4.65. The van der Waals surface area contributed by atoms with E-state index in [0.29, 0.717) is 10.7 Å². The number of ether oxygens (including phenoxy) is 1. The summed E-state index contributed by atoms with van der Waals surface area (Å²) in [6, 6.07) is 11.0. The van der Waals surface area contributed by atoms with Gasteiger partial charge in [-0.2, -0.15) is 0 Å². The topological polar surface area (TPSA) is 35.2 Å². The van der Waals surface area contributed by atoms with E-state index in [-0.39, 0.29) is 11.5 Å². The maximum absolute atomic E-state index is 13.3. The van der Waals surface area contributed by atoms with Gasteiger partial charge in [-0.1, -0.05) is 29.8 Å². The molecule has 2 aromatic rings. The van der Waals surface area contributed by atoms with Crippen LogP contribution in [0.1, 0.15) is 0 Å². The van der Waals surface area contributed by atoms with Gasteiger partial charge in [0, 0.05) is 0 Å². The molecule has 0 aromatic heterocycles. The van der Waals surface area contributed by atoms with E-state index in [0.717, 1.165) is 0 Å². The highest BCUT2D eigenvalue weighted by Gasteiger charge is 2.09. The van der Waals surface area contributed by atoms with Gasteiger partial charge in [0.1, 0.15) is 0 Å². The molecule has 0 amide bonds. The van der Waals surface area contributed by atoms with Crippen LogP contribution >= 0.6 is 11.6 Å². The van der Waals surface area contributed by atoms with E-state index < -0.39 is 5.82 Å². The van der Waals surface area contributed by atoms with Crippen molar-refractivity contribution in [2.75, 3.05) is 5.73 Å². The van der Waals surface area contributed by atoms with E-state index in [4.69, 9.17) is 22.1 Å². The van der Waals surface area contributed by atoms with Crippen LogP contribution in [0.15, 0.2) is 42.5 Å². The van der Waals surface area contributed by atoms with Gasteiger partial charge in [0.15, 0.2) is 17.3 Å². The number of para-hydroxylation sites is 2. The molecule has 0 aliphatic heterocycles. The Labute approximate surface area is 97.4 Å². The van der Waals surface area contributed by atoms with E-state index in [2.05, 4.69) is 0 Å². The number of hydrogen-bond donors (Lipinski definition) is 1. The first-order valence-corrected chi connectivity index (χ1v) is 5.02. The Morgan fingerprint density at radius 3 is 2.50 bits per heavy atom. The minimum absolute atomic E-state index is 0.0994. The standard InChI is InChI=1S/C12H9ClFNO/c13-8-4-3-6-10(15)12(8)16-11-7-2-1-5-9(11)14/h1-7H,15H2. The van der Waals surface area contributed by atoms with Crippen LogP contribution in [0.5, 0.6) is 11.5 Å². The molecule has 0 aliphatic rings. The van der Waals surface area contributed by atoms with Crippen molar-refractivity contribution in [3.63, 3.8) is 0 Å². The van der Waals surface area contributed by atoms with Crippen molar-refractivity contribution in [1.82, 2.24) is 0 Å². The fourth-order valence-electron chi connectivity index (χ4n) is 1.27. The molecule has 0 aliphatic carbocycles. The molecule has 0 saturated carbocycles. The van der Waals surface area contributed by atoms with Crippen molar-refractivity contribution < 1.29 is 9.13 Å². The fraction of sp³-hybridized carbons (Fsp3) is 0. The normalized spacial score (nSPS) is 10.1. The second kappa shape index (κ2) is 4.41. The molecule has 2 nitrogen and oxygen atoms in total. The van der Waals surface area contributed by atoms with Crippen molar-refractivity contribution in [1.29, 1.82) is 0 Å². The number of nitrogens with two attached hydrogens (primary N) is 1. The summed E-state index contributed by atoms with van der Waals surface area (Å²) < 4.78 is 18.7. The molecule has 0 bridgehead atoms. The molecule has 0 radical (unpaired) electrons. The monoisotopic (exact) mass is 237 g/mol. The summed E-state index contributed by atoms with van der Waals surface area (Å²) in [6.07, 6.45) is 0. The van der Waals surface area contributed by atoms with Crippen molar-refractivity contribution in [3.8, 4) is 11.5 Å². The molecule has 16 heavy (non-hydrogen) atoms. The Kier molecular flexibility index (Phi) is 2.97. The quantitative estimate of drug-likeness (QED) is 0.805. The van der Waals surface area contributed by atoms with Crippen LogP contribution in [-0.4, -0.2) is 0 Å². The van der Waals surface area contributed by atoms with Crippen LogP contribution in [0.2, 0.25) is 5.02 Å². The molecule has 0 fully saturated rings. The van der Waals surface area contributed by atoms with Crippen LogP contribution in [0.3, 0.4) is 0 Å². The van der Waals surface area contributed by atoms with E-state index in [1.54, 1.807) is 30.3 Å². The molecule has 2 aromatic carbocycles. The predicted octanol–water partition coefficient (Wildman–Crippen LogP) is 3.85.